The highest BCUT2D eigenvalue weighted by Crippen LogP contribution is 2.19. The summed E-state index contributed by atoms with van der Waals surface area (Å²) in [5, 5.41) is 0. The van der Waals surface area contributed by atoms with E-state index in [0.29, 0.717) is 19.7 Å². The minimum atomic E-state index is -3.69. The second-order valence-corrected chi connectivity index (χ2v) is 10.7. The van der Waals surface area contributed by atoms with Crippen molar-refractivity contribution in [3.8, 4) is 0 Å². The molecule has 0 saturated carbocycles. The molecule has 2 heterocycles. The third-order valence-electron chi connectivity index (χ3n) is 5.23. The van der Waals surface area contributed by atoms with Crippen LogP contribution in [0.3, 0.4) is 0 Å². The van der Waals surface area contributed by atoms with Crippen LogP contribution in [0.2, 0.25) is 0 Å². The maximum absolute atomic E-state index is 12.8. The molecule has 2 N–H and O–H groups in total. The maximum atomic E-state index is 12.8. The fourth-order valence-corrected chi connectivity index (χ4v) is 5.94. The van der Waals surface area contributed by atoms with Gasteiger partial charge in [-0.3, -0.25) is 0 Å². The van der Waals surface area contributed by atoms with Gasteiger partial charge in [0.25, 0.3) is 0 Å². The van der Waals surface area contributed by atoms with Crippen LogP contribution in [0.5, 0.6) is 0 Å². The summed E-state index contributed by atoms with van der Waals surface area (Å²) in [4.78, 5) is 1.57. The fourth-order valence-electron chi connectivity index (χ4n) is 3.43. The van der Waals surface area contributed by atoms with E-state index < -0.39 is 20.0 Å². The molecule has 152 valence electrons. The Morgan fingerprint density at radius 1 is 1.11 bits per heavy atom. The zero-order valence-electron chi connectivity index (χ0n) is 15.6. The van der Waals surface area contributed by atoms with Crippen molar-refractivity contribution in [1.82, 2.24) is 9.03 Å². The smallest absolute Gasteiger partial charge is 0.243 e. The van der Waals surface area contributed by atoms with Crippen molar-refractivity contribution in [2.24, 2.45) is 0 Å². The van der Waals surface area contributed by atoms with Crippen LogP contribution >= 0.6 is 0 Å². The SMILES string of the molecule is CC[NH+]1CCN(S(=O)(=O)c2ccc(S(=O)(=O)NC[C@@H]3CCCO3)cc2)CC1. The van der Waals surface area contributed by atoms with Crippen LogP contribution in [0, 0.1) is 0 Å². The van der Waals surface area contributed by atoms with Crippen LogP contribution in [0.1, 0.15) is 19.8 Å². The number of nitrogens with one attached hydrogen (secondary N) is 2. The van der Waals surface area contributed by atoms with Crippen molar-refractivity contribution in [3.63, 3.8) is 0 Å². The van der Waals surface area contributed by atoms with Gasteiger partial charge in [0.2, 0.25) is 20.0 Å². The summed E-state index contributed by atoms with van der Waals surface area (Å²) in [6.45, 7) is 6.50. The molecule has 3 rings (SSSR count). The number of ether oxygens (including phenoxy) is 1. The van der Waals surface area contributed by atoms with Gasteiger partial charge in [-0.15, -0.1) is 0 Å². The number of likely N-dealkylation sites (N-methyl/N-ethyl adjacent to an activating group) is 1. The lowest BCUT2D eigenvalue weighted by Gasteiger charge is -2.30. The predicted molar refractivity (Wildman–Crippen MR) is 101 cm³/mol. The lowest BCUT2D eigenvalue weighted by molar-refractivity contribution is -0.901. The topological polar surface area (TPSA) is 97.2 Å². The first-order valence-electron chi connectivity index (χ1n) is 9.38. The molecule has 0 amide bonds. The zero-order chi connectivity index (χ0) is 19.5. The van der Waals surface area contributed by atoms with Gasteiger partial charge in [-0.25, -0.2) is 21.6 Å². The van der Waals surface area contributed by atoms with Gasteiger partial charge in [-0.2, -0.15) is 4.31 Å². The van der Waals surface area contributed by atoms with Gasteiger partial charge in [0, 0.05) is 13.2 Å². The summed E-state index contributed by atoms with van der Waals surface area (Å²) in [5.41, 5.74) is 0. The Morgan fingerprint density at radius 3 is 2.30 bits per heavy atom. The quantitative estimate of drug-likeness (QED) is 0.595. The van der Waals surface area contributed by atoms with Crippen molar-refractivity contribution in [2.45, 2.75) is 35.7 Å². The van der Waals surface area contributed by atoms with Gasteiger partial charge in [0.15, 0.2) is 0 Å². The van der Waals surface area contributed by atoms with Crippen molar-refractivity contribution in [3.05, 3.63) is 24.3 Å². The predicted octanol–water partition coefficient (Wildman–Crippen LogP) is -0.947. The van der Waals surface area contributed by atoms with Crippen LogP contribution in [-0.2, 0) is 24.8 Å². The number of nitrogens with zero attached hydrogens (tertiary/aromatic N) is 1. The monoisotopic (exact) mass is 418 g/mol. The summed E-state index contributed by atoms with van der Waals surface area (Å²) >= 11 is 0. The lowest BCUT2D eigenvalue weighted by Crippen LogP contribution is -3.14. The summed E-state index contributed by atoms with van der Waals surface area (Å²) in [5.74, 6) is 0. The highest BCUT2D eigenvalue weighted by molar-refractivity contribution is 7.89. The van der Waals surface area contributed by atoms with E-state index in [4.69, 9.17) is 4.74 Å². The lowest BCUT2D eigenvalue weighted by atomic mass is 10.2. The van der Waals surface area contributed by atoms with E-state index >= 15 is 0 Å². The molecular weight excluding hydrogens is 390 g/mol. The molecule has 1 aromatic carbocycles. The molecule has 0 bridgehead atoms. The number of benzene rings is 1. The van der Waals surface area contributed by atoms with Crippen molar-refractivity contribution >= 4 is 20.0 Å². The van der Waals surface area contributed by atoms with Gasteiger partial charge in [0.1, 0.15) is 0 Å². The average Bonchev–Trinajstić information content (AvgIpc) is 3.20. The average molecular weight is 419 g/mol. The van der Waals surface area contributed by atoms with Crippen LogP contribution in [0.25, 0.3) is 0 Å². The van der Waals surface area contributed by atoms with Gasteiger partial charge in [0.05, 0.1) is 48.6 Å². The van der Waals surface area contributed by atoms with Crippen LogP contribution in [-0.4, -0.2) is 73.1 Å². The number of quaternary nitrogens is 1. The Morgan fingerprint density at radius 2 is 1.74 bits per heavy atom. The molecule has 0 unspecified atom stereocenters. The van der Waals surface area contributed by atoms with Gasteiger partial charge >= 0.3 is 0 Å². The summed E-state index contributed by atoms with van der Waals surface area (Å²) in [6, 6.07) is 5.43. The molecule has 0 radical (unpaired) electrons. The van der Waals surface area contributed by atoms with E-state index in [9.17, 15) is 16.8 Å². The van der Waals surface area contributed by atoms with Crippen LogP contribution in [0.15, 0.2) is 34.1 Å². The molecule has 2 aliphatic rings. The number of hydrogen-bond acceptors (Lipinski definition) is 5. The minimum Gasteiger partial charge on any atom is -0.377 e. The second-order valence-electron chi connectivity index (χ2n) is 6.97. The third kappa shape index (κ3) is 4.87. The minimum absolute atomic E-state index is 0.0553. The molecule has 10 heteroatoms. The van der Waals surface area contributed by atoms with Crippen molar-refractivity contribution < 1.29 is 26.5 Å². The first kappa shape index (κ1) is 20.7. The largest absolute Gasteiger partial charge is 0.377 e. The Bertz CT molecular complexity index is 826. The first-order chi connectivity index (χ1) is 12.8. The standard InChI is InChI=1S/C17H27N3O5S2/c1-2-19-9-11-20(12-10-19)27(23,24)17-7-5-16(6-8-17)26(21,22)18-14-15-4-3-13-25-15/h5-8,15,18H,2-4,9-14H2,1H3/p+1/t15-/m0/s1. The van der Waals surface area contributed by atoms with E-state index in [0.717, 1.165) is 32.5 Å². The molecule has 2 fully saturated rings. The maximum Gasteiger partial charge on any atom is 0.243 e. The first-order valence-corrected chi connectivity index (χ1v) is 12.3. The molecule has 1 atom stereocenters. The Kier molecular flexibility index (Phi) is 6.54. The number of piperazine rings is 1. The summed E-state index contributed by atoms with van der Waals surface area (Å²) in [7, 11) is -7.28. The number of hydrogen-bond donors (Lipinski definition) is 2. The highest BCUT2D eigenvalue weighted by atomic mass is 32.2. The Labute approximate surface area is 161 Å². The summed E-state index contributed by atoms with van der Waals surface area (Å²) in [6.07, 6.45) is 1.68. The van der Waals surface area contributed by atoms with Crippen LogP contribution in [0.4, 0.5) is 0 Å². The Hall–Kier alpha value is -1.04. The molecule has 27 heavy (non-hydrogen) atoms. The van der Waals surface area contributed by atoms with Crippen molar-refractivity contribution in [2.75, 3.05) is 45.9 Å². The third-order valence-corrected chi connectivity index (χ3v) is 8.58. The van der Waals surface area contributed by atoms with Gasteiger partial charge in [-0.1, -0.05) is 0 Å². The number of rotatable bonds is 7. The fraction of sp³-hybridized carbons (Fsp3) is 0.647. The number of sulfonamides is 2. The van der Waals surface area contributed by atoms with Crippen LogP contribution < -0.4 is 9.62 Å². The van der Waals surface area contributed by atoms with E-state index in [1.165, 1.54) is 33.5 Å². The molecule has 8 nitrogen and oxygen atoms in total. The molecule has 0 aliphatic carbocycles. The molecule has 0 spiro atoms. The van der Waals surface area contributed by atoms with E-state index in [2.05, 4.69) is 11.6 Å². The van der Waals surface area contributed by atoms with E-state index in [-0.39, 0.29) is 22.4 Å². The second kappa shape index (κ2) is 8.54. The van der Waals surface area contributed by atoms with Crippen molar-refractivity contribution in [1.29, 1.82) is 0 Å². The highest BCUT2D eigenvalue weighted by Gasteiger charge is 2.30. The normalized spacial score (nSPS) is 22.9. The molecular formula is C17H28N3O5S2+. The molecule has 2 saturated heterocycles. The van der Waals surface area contributed by atoms with E-state index in [1.54, 1.807) is 0 Å². The van der Waals surface area contributed by atoms with E-state index in [1.807, 2.05) is 0 Å². The van der Waals surface area contributed by atoms with Gasteiger partial charge < -0.3 is 9.64 Å². The molecule has 0 aromatic heterocycles. The summed E-state index contributed by atoms with van der Waals surface area (Å²) < 4.78 is 59.8. The zero-order valence-corrected chi connectivity index (χ0v) is 17.2. The molecule has 2 aliphatic heterocycles. The van der Waals surface area contributed by atoms with Gasteiger partial charge in [-0.05, 0) is 44.0 Å². The molecule has 1 aromatic rings. The Balaban J connectivity index is 1.66.